The van der Waals surface area contributed by atoms with Crippen LogP contribution in [-0.2, 0) is 4.84 Å². The molecule has 0 bridgehead atoms. The molecule has 0 radical (unpaired) electrons. The third-order valence-electron chi connectivity index (χ3n) is 1.15. The summed E-state index contributed by atoms with van der Waals surface area (Å²) in [7, 11) is 0. The zero-order valence-corrected chi connectivity index (χ0v) is 6.29. The van der Waals surface area contributed by atoms with E-state index in [-0.39, 0.29) is 12.6 Å². The third kappa shape index (κ3) is 4.33. The minimum absolute atomic E-state index is 0.0895. The van der Waals surface area contributed by atoms with Crippen molar-refractivity contribution < 1.29 is 9.94 Å². The lowest BCUT2D eigenvalue weighted by atomic mass is 10.2. The fourth-order valence-corrected chi connectivity index (χ4v) is 0.313. The van der Waals surface area contributed by atoms with Crippen LogP contribution in [0.25, 0.3) is 0 Å². The number of aliphatic hydroxyl groups excluding tert-OH is 1. The molecule has 0 amide bonds. The van der Waals surface area contributed by atoms with E-state index in [1.54, 1.807) is 13.8 Å². The number of terminal acetylenes is 1. The number of nitrogens with one attached hydrogen (secondary N) is 1. The number of hydrogen-bond acceptors (Lipinski definition) is 3. The normalized spacial score (nSPS) is 15.8. The molecule has 0 aliphatic heterocycles. The Morgan fingerprint density at radius 2 is 2.30 bits per heavy atom. The van der Waals surface area contributed by atoms with Gasteiger partial charge < -0.3 is 5.11 Å². The molecule has 2 N–H and O–H groups in total. The Morgan fingerprint density at radius 1 is 1.70 bits per heavy atom. The molecule has 0 aliphatic rings. The summed E-state index contributed by atoms with van der Waals surface area (Å²) >= 11 is 0. The van der Waals surface area contributed by atoms with Crippen molar-refractivity contribution in [3.05, 3.63) is 0 Å². The highest BCUT2D eigenvalue weighted by molar-refractivity contribution is 4.82. The molecule has 0 fully saturated rings. The van der Waals surface area contributed by atoms with Crippen LogP contribution in [0.3, 0.4) is 0 Å². The second-order valence-corrected chi connectivity index (χ2v) is 2.14. The molecule has 0 saturated carbocycles. The van der Waals surface area contributed by atoms with Gasteiger partial charge in [-0.05, 0) is 13.8 Å². The van der Waals surface area contributed by atoms with Gasteiger partial charge in [0.1, 0.15) is 6.61 Å². The van der Waals surface area contributed by atoms with Gasteiger partial charge in [-0.3, -0.25) is 4.84 Å². The zero-order valence-electron chi connectivity index (χ0n) is 6.29. The van der Waals surface area contributed by atoms with Crippen molar-refractivity contribution in [3.63, 3.8) is 0 Å². The summed E-state index contributed by atoms with van der Waals surface area (Å²) in [6.45, 7) is 3.70. The van der Waals surface area contributed by atoms with Crippen molar-refractivity contribution in [1.29, 1.82) is 0 Å². The highest BCUT2D eigenvalue weighted by atomic mass is 16.6. The van der Waals surface area contributed by atoms with Crippen LogP contribution in [0.2, 0.25) is 0 Å². The second kappa shape index (κ2) is 5.24. The van der Waals surface area contributed by atoms with Gasteiger partial charge in [-0.1, -0.05) is 5.92 Å². The van der Waals surface area contributed by atoms with Crippen LogP contribution in [0.1, 0.15) is 13.8 Å². The van der Waals surface area contributed by atoms with Gasteiger partial charge in [0, 0.05) is 0 Å². The molecule has 0 saturated heterocycles. The monoisotopic (exact) mass is 143 g/mol. The lowest BCUT2D eigenvalue weighted by molar-refractivity contribution is 0.00351. The van der Waals surface area contributed by atoms with Crippen molar-refractivity contribution in [3.8, 4) is 12.3 Å². The summed E-state index contributed by atoms with van der Waals surface area (Å²) in [5.74, 6) is 2.30. The Labute approximate surface area is 61.3 Å². The molecular weight excluding hydrogens is 130 g/mol. The Bertz CT molecular complexity index is 117. The van der Waals surface area contributed by atoms with Crippen LogP contribution in [-0.4, -0.2) is 23.9 Å². The highest BCUT2D eigenvalue weighted by Gasteiger charge is 2.06. The third-order valence-corrected chi connectivity index (χ3v) is 1.15. The molecule has 2 unspecified atom stereocenters. The lowest BCUT2D eigenvalue weighted by Crippen LogP contribution is -2.35. The molecule has 3 nitrogen and oxygen atoms in total. The fourth-order valence-electron chi connectivity index (χ4n) is 0.313. The van der Waals surface area contributed by atoms with Gasteiger partial charge in [0.05, 0.1) is 12.1 Å². The predicted molar refractivity (Wildman–Crippen MR) is 39.1 cm³/mol. The predicted octanol–water partition coefficient (Wildman–Crippen LogP) is -0.0899. The molecule has 0 aromatic carbocycles. The standard InChI is InChI=1S/C7H13NO2/c1-4-5-10-8-6(2)7(3)9/h1,6-9H,5H2,2-3H3. The molecule has 0 spiro atoms. The van der Waals surface area contributed by atoms with Gasteiger partial charge in [0.2, 0.25) is 0 Å². The number of aliphatic hydroxyl groups is 1. The van der Waals surface area contributed by atoms with E-state index in [0.29, 0.717) is 0 Å². The maximum atomic E-state index is 8.93. The molecule has 0 aromatic heterocycles. The van der Waals surface area contributed by atoms with Gasteiger partial charge in [-0.2, -0.15) is 5.48 Å². The van der Waals surface area contributed by atoms with Gasteiger partial charge in [0.25, 0.3) is 0 Å². The molecular formula is C7H13NO2. The first kappa shape index (κ1) is 9.44. The molecule has 0 aromatic rings. The number of hydrogen-bond donors (Lipinski definition) is 2. The minimum Gasteiger partial charge on any atom is -0.392 e. The Morgan fingerprint density at radius 3 is 2.70 bits per heavy atom. The first-order chi connectivity index (χ1) is 4.68. The summed E-state index contributed by atoms with van der Waals surface area (Å²) in [5.41, 5.74) is 2.59. The average molecular weight is 143 g/mol. The molecule has 2 atom stereocenters. The van der Waals surface area contributed by atoms with E-state index in [1.807, 2.05) is 0 Å². The van der Waals surface area contributed by atoms with Gasteiger partial charge in [-0.15, -0.1) is 6.42 Å². The van der Waals surface area contributed by atoms with Crippen molar-refractivity contribution in [2.24, 2.45) is 0 Å². The van der Waals surface area contributed by atoms with Crippen LogP contribution in [0.4, 0.5) is 0 Å². The van der Waals surface area contributed by atoms with E-state index < -0.39 is 6.10 Å². The Kier molecular flexibility index (Phi) is 4.95. The quantitative estimate of drug-likeness (QED) is 0.328. The number of hydroxylamine groups is 1. The van der Waals surface area contributed by atoms with Crippen molar-refractivity contribution in [2.75, 3.05) is 6.61 Å². The largest absolute Gasteiger partial charge is 0.392 e. The molecule has 10 heavy (non-hydrogen) atoms. The van der Waals surface area contributed by atoms with Gasteiger partial charge in [-0.25, -0.2) is 0 Å². The van der Waals surface area contributed by atoms with E-state index in [1.165, 1.54) is 0 Å². The highest BCUT2D eigenvalue weighted by Crippen LogP contribution is 1.88. The molecule has 0 heterocycles. The first-order valence-electron chi connectivity index (χ1n) is 3.17. The van der Waals surface area contributed by atoms with E-state index in [4.69, 9.17) is 16.4 Å². The fraction of sp³-hybridized carbons (Fsp3) is 0.714. The van der Waals surface area contributed by atoms with Crippen LogP contribution in [0, 0.1) is 12.3 Å². The smallest absolute Gasteiger partial charge is 0.128 e. The van der Waals surface area contributed by atoms with Crippen LogP contribution >= 0.6 is 0 Å². The van der Waals surface area contributed by atoms with Gasteiger partial charge in [0.15, 0.2) is 0 Å². The molecule has 3 heteroatoms. The topological polar surface area (TPSA) is 41.5 Å². The van der Waals surface area contributed by atoms with Crippen LogP contribution in [0.15, 0.2) is 0 Å². The average Bonchev–Trinajstić information content (AvgIpc) is 1.88. The molecule has 58 valence electrons. The Balaban J connectivity index is 3.23. The summed E-state index contributed by atoms with van der Waals surface area (Å²) in [6, 6.07) is -0.0895. The van der Waals surface area contributed by atoms with Crippen LogP contribution < -0.4 is 5.48 Å². The van der Waals surface area contributed by atoms with E-state index in [2.05, 4.69) is 11.4 Å². The van der Waals surface area contributed by atoms with Crippen molar-refractivity contribution >= 4 is 0 Å². The van der Waals surface area contributed by atoms with Crippen molar-refractivity contribution in [1.82, 2.24) is 5.48 Å². The summed E-state index contributed by atoms with van der Waals surface area (Å²) < 4.78 is 0. The number of rotatable bonds is 4. The van der Waals surface area contributed by atoms with Gasteiger partial charge >= 0.3 is 0 Å². The Hall–Kier alpha value is -0.560. The maximum absolute atomic E-state index is 8.93. The van der Waals surface area contributed by atoms with Crippen LogP contribution in [0.5, 0.6) is 0 Å². The molecule has 0 aliphatic carbocycles. The van der Waals surface area contributed by atoms with Crippen molar-refractivity contribution in [2.45, 2.75) is 26.0 Å². The zero-order chi connectivity index (χ0) is 7.98. The van der Waals surface area contributed by atoms with E-state index in [0.717, 1.165) is 0 Å². The SMILES string of the molecule is C#CCONC(C)C(C)O. The minimum atomic E-state index is -0.433. The van der Waals surface area contributed by atoms with E-state index >= 15 is 0 Å². The maximum Gasteiger partial charge on any atom is 0.128 e. The summed E-state index contributed by atoms with van der Waals surface area (Å²) in [6.07, 6.45) is 4.48. The first-order valence-corrected chi connectivity index (χ1v) is 3.17. The van der Waals surface area contributed by atoms with E-state index in [9.17, 15) is 0 Å². The molecule has 0 rings (SSSR count). The second-order valence-electron chi connectivity index (χ2n) is 2.14. The summed E-state index contributed by atoms with van der Waals surface area (Å²) in [4.78, 5) is 4.76. The lowest BCUT2D eigenvalue weighted by Gasteiger charge is -2.14. The summed E-state index contributed by atoms with van der Waals surface area (Å²) in [5, 5.41) is 8.93.